The molecule has 3 nitrogen and oxygen atoms in total. The number of halogens is 1. The van der Waals surface area contributed by atoms with Gasteiger partial charge in [0.15, 0.2) is 0 Å². The molecule has 0 saturated heterocycles. The number of hydrogen-bond acceptors (Lipinski definition) is 2. The molecule has 2 aromatic rings. The van der Waals surface area contributed by atoms with Gasteiger partial charge in [-0.15, -0.1) is 0 Å². The zero-order valence-electron chi connectivity index (χ0n) is 11.1. The lowest BCUT2D eigenvalue weighted by Crippen LogP contribution is -2.34. The Kier molecular flexibility index (Phi) is 4.20. The highest BCUT2D eigenvalue weighted by atomic mass is 79.9. The highest BCUT2D eigenvalue weighted by Crippen LogP contribution is 2.17. The first-order valence-corrected chi connectivity index (χ1v) is 7.33. The number of alkyl halides is 1. The van der Waals surface area contributed by atoms with Gasteiger partial charge in [-0.05, 0) is 29.7 Å². The van der Waals surface area contributed by atoms with E-state index < -0.39 is 0 Å². The molecule has 0 unspecified atom stereocenters. The molecule has 0 aliphatic heterocycles. The lowest BCUT2D eigenvalue weighted by molar-refractivity contribution is 0.0940. The van der Waals surface area contributed by atoms with Gasteiger partial charge in [0.05, 0.1) is 5.52 Å². The maximum Gasteiger partial charge on any atom is 0.251 e. The summed E-state index contributed by atoms with van der Waals surface area (Å²) < 4.78 is 0. The van der Waals surface area contributed by atoms with Gasteiger partial charge >= 0.3 is 0 Å². The predicted octanol–water partition coefficient (Wildman–Crippen LogP) is 3.39. The number of carbonyl (C=O) groups excluding carboxylic acids is 1. The summed E-state index contributed by atoms with van der Waals surface area (Å²) in [5.74, 6) is -0.0419. The molecule has 4 heteroatoms. The average molecular weight is 321 g/mol. The van der Waals surface area contributed by atoms with E-state index in [0.29, 0.717) is 12.1 Å². The molecule has 1 aromatic heterocycles. The summed E-state index contributed by atoms with van der Waals surface area (Å²) in [5.41, 5.74) is 1.62. The van der Waals surface area contributed by atoms with E-state index in [1.54, 1.807) is 6.20 Å². The Balaban J connectivity index is 2.13. The van der Waals surface area contributed by atoms with Crippen molar-refractivity contribution in [3.8, 4) is 0 Å². The Morgan fingerprint density at radius 2 is 2.16 bits per heavy atom. The molecule has 100 valence electrons. The largest absolute Gasteiger partial charge is 0.351 e. The third kappa shape index (κ3) is 3.53. The standard InChI is InChI=1S/C15H17BrN2O/c1-15(2,9-16)10-18-14(19)12-5-6-13-11(8-12)4-3-7-17-13/h3-8H,9-10H2,1-2H3,(H,18,19). The molecule has 0 radical (unpaired) electrons. The fraction of sp³-hybridized carbons (Fsp3) is 0.333. The Hall–Kier alpha value is -1.42. The molecule has 0 spiro atoms. The fourth-order valence-electron chi connectivity index (χ4n) is 1.69. The monoisotopic (exact) mass is 320 g/mol. The number of benzene rings is 1. The molecule has 19 heavy (non-hydrogen) atoms. The quantitative estimate of drug-likeness (QED) is 0.877. The second-order valence-electron chi connectivity index (χ2n) is 5.39. The summed E-state index contributed by atoms with van der Waals surface area (Å²) in [6.07, 6.45) is 1.75. The number of carbonyl (C=O) groups is 1. The molecule has 0 atom stereocenters. The second kappa shape index (κ2) is 5.70. The molecule has 0 aliphatic carbocycles. The first-order valence-electron chi connectivity index (χ1n) is 6.21. The van der Waals surface area contributed by atoms with E-state index in [0.717, 1.165) is 16.2 Å². The van der Waals surface area contributed by atoms with Crippen LogP contribution in [-0.2, 0) is 0 Å². The minimum Gasteiger partial charge on any atom is -0.351 e. The van der Waals surface area contributed by atoms with Crippen molar-refractivity contribution in [2.45, 2.75) is 13.8 Å². The fourth-order valence-corrected chi connectivity index (χ4v) is 1.88. The van der Waals surface area contributed by atoms with Crippen molar-refractivity contribution in [1.82, 2.24) is 10.3 Å². The molecular formula is C15H17BrN2O. The average Bonchev–Trinajstić information content (AvgIpc) is 2.44. The van der Waals surface area contributed by atoms with Crippen molar-refractivity contribution in [3.05, 3.63) is 42.1 Å². The molecule has 1 aromatic carbocycles. The number of aromatic nitrogens is 1. The van der Waals surface area contributed by atoms with Crippen molar-refractivity contribution >= 4 is 32.7 Å². The third-order valence-corrected chi connectivity index (χ3v) is 4.47. The third-order valence-electron chi connectivity index (χ3n) is 2.95. The van der Waals surface area contributed by atoms with Crippen molar-refractivity contribution < 1.29 is 4.79 Å². The molecule has 0 fully saturated rings. The van der Waals surface area contributed by atoms with Crippen molar-refractivity contribution in [2.75, 3.05) is 11.9 Å². The Morgan fingerprint density at radius 3 is 2.89 bits per heavy atom. The summed E-state index contributed by atoms with van der Waals surface area (Å²) in [7, 11) is 0. The van der Waals surface area contributed by atoms with Gasteiger partial charge in [-0.3, -0.25) is 9.78 Å². The minimum absolute atomic E-state index is 0.0419. The Labute approximate surface area is 121 Å². The SMILES string of the molecule is CC(C)(CBr)CNC(=O)c1ccc2ncccc2c1. The van der Waals surface area contributed by atoms with Crippen LogP contribution in [0.25, 0.3) is 10.9 Å². The number of rotatable bonds is 4. The van der Waals surface area contributed by atoms with Crippen LogP contribution in [0.4, 0.5) is 0 Å². The lowest BCUT2D eigenvalue weighted by atomic mass is 9.96. The van der Waals surface area contributed by atoms with E-state index in [9.17, 15) is 4.79 Å². The molecule has 0 aliphatic rings. The second-order valence-corrected chi connectivity index (χ2v) is 5.95. The molecular weight excluding hydrogens is 304 g/mol. The highest BCUT2D eigenvalue weighted by molar-refractivity contribution is 9.09. The van der Waals surface area contributed by atoms with Crippen molar-refractivity contribution in [3.63, 3.8) is 0 Å². The number of nitrogens with zero attached hydrogens (tertiary/aromatic N) is 1. The van der Waals surface area contributed by atoms with Crippen LogP contribution < -0.4 is 5.32 Å². The predicted molar refractivity (Wildman–Crippen MR) is 81.7 cm³/mol. The smallest absolute Gasteiger partial charge is 0.251 e. The van der Waals surface area contributed by atoms with Crippen LogP contribution in [0.3, 0.4) is 0 Å². The van der Waals surface area contributed by atoms with Gasteiger partial charge in [0.25, 0.3) is 5.91 Å². The molecule has 1 heterocycles. The lowest BCUT2D eigenvalue weighted by Gasteiger charge is -2.21. The van der Waals surface area contributed by atoms with Crippen molar-refractivity contribution in [2.24, 2.45) is 5.41 Å². The van der Waals surface area contributed by atoms with Gasteiger partial charge in [0.2, 0.25) is 0 Å². The Morgan fingerprint density at radius 1 is 1.37 bits per heavy atom. The van der Waals surface area contributed by atoms with Crippen LogP contribution in [0, 0.1) is 5.41 Å². The summed E-state index contributed by atoms with van der Waals surface area (Å²) in [6, 6.07) is 9.39. The first kappa shape index (κ1) is 14.0. The normalized spacial score (nSPS) is 11.5. The molecule has 1 amide bonds. The molecule has 1 N–H and O–H groups in total. The van der Waals surface area contributed by atoms with Gasteiger partial charge in [0.1, 0.15) is 0 Å². The summed E-state index contributed by atoms with van der Waals surface area (Å²) in [5, 5.41) is 4.80. The van der Waals surface area contributed by atoms with Crippen LogP contribution in [0.15, 0.2) is 36.5 Å². The van der Waals surface area contributed by atoms with E-state index in [1.165, 1.54) is 0 Å². The van der Waals surface area contributed by atoms with Crippen LogP contribution >= 0.6 is 15.9 Å². The van der Waals surface area contributed by atoms with E-state index in [4.69, 9.17) is 0 Å². The molecule has 0 saturated carbocycles. The van der Waals surface area contributed by atoms with Gasteiger partial charge < -0.3 is 5.32 Å². The maximum absolute atomic E-state index is 12.1. The van der Waals surface area contributed by atoms with E-state index >= 15 is 0 Å². The van der Waals surface area contributed by atoms with Crippen LogP contribution in [0.5, 0.6) is 0 Å². The summed E-state index contributed by atoms with van der Waals surface area (Å²) >= 11 is 3.45. The molecule has 2 rings (SSSR count). The van der Waals surface area contributed by atoms with E-state index in [1.807, 2.05) is 30.3 Å². The number of nitrogens with one attached hydrogen (secondary N) is 1. The zero-order chi connectivity index (χ0) is 13.9. The topological polar surface area (TPSA) is 42.0 Å². The highest BCUT2D eigenvalue weighted by Gasteiger charge is 2.17. The summed E-state index contributed by atoms with van der Waals surface area (Å²) in [6.45, 7) is 4.85. The zero-order valence-corrected chi connectivity index (χ0v) is 12.7. The van der Waals surface area contributed by atoms with Crippen LogP contribution in [0.2, 0.25) is 0 Å². The summed E-state index contributed by atoms with van der Waals surface area (Å²) in [4.78, 5) is 16.3. The van der Waals surface area contributed by atoms with Gasteiger partial charge in [-0.2, -0.15) is 0 Å². The van der Waals surface area contributed by atoms with Crippen LogP contribution in [-0.4, -0.2) is 22.8 Å². The number of pyridine rings is 1. The van der Waals surface area contributed by atoms with Crippen LogP contribution in [0.1, 0.15) is 24.2 Å². The first-order chi connectivity index (χ1) is 9.02. The maximum atomic E-state index is 12.1. The van der Waals surface area contributed by atoms with Gasteiger partial charge in [-0.1, -0.05) is 35.8 Å². The number of amides is 1. The van der Waals surface area contributed by atoms with Gasteiger partial charge in [0, 0.05) is 29.0 Å². The van der Waals surface area contributed by atoms with E-state index in [2.05, 4.69) is 40.1 Å². The van der Waals surface area contributed by atoms with Gasteiger partial charge in [-0.25, -0.2) is 0 Å². The van der Waals surface area contributed by atoms with E-state index in [-0.39, 0.29) is 11.3 Å². The van der Waals surface area contributed by atoms with Crippen molar-refractivity contribution in [1.29, 1.82) is 0 Å². The number of fused-ring (bicyclic) bond motifs is 1. The molecule has 0 bridgehead atoms. The minimum atomic E-state index is -0.0419. The number of hydrogen-bond donors (Lipinski definition) is 1. The Bertz CT molecular complexity index is 595.